The summed E-state index contributed by atoms with van der Waals surface area (Å²) >= 11 is 0. The van der Waals surface area contributed by atoms with Crippen molar-refractivity contribution in [2.24, 2.45) is 0 Å². The highest BCUT2D eigenvalue weighted by molar-refractivity contribution is 5.91. The van der Waals surface area contributed by atoms with Gasteiger partial charge in [0.25, 0.3) is 5.56 Å². The summed E-state index contributed by atoms with van der Waals surface area (Å²) in [5, 5.41) is 7.05. The van der Waals surface area contributed by atoms with Crippen LogP contribution >= 0.6 is 0 Å². The molecule has 1 amide bonds. The van der Waals surface area contributed by atoms with Crippen molar-refractivity contribution in [1.29, 1.82) is 0 Å². The van der Waals surface area contributed by atoms with E-state index in [0.29, 0.717) is 39.9 Å². The van der Waals surface area contributed by atoms with E-state index in [9.17, 15) is 9.59 Å². The number of nitrogens with one attached hydrogen (secondary N) is 1. The third-order valence-electron chi connectivity index (χ3n) is 4.48. The summed E-state index contributed by atoms with van der Waals surface area (Å²) in [6, 6.07) is 13.2. The van der Waals surface area contributed by atoms with Gasteiger partial charge in [-0.05, 0) is 18.2 Å². The van der Waals surface area contributed by atoms with E-state index in [1.165, 1.54) is 27.4 Å². The molecule has 0 aliphatic carbocycles. The Morgan fingerprint density at radius 1 is 0.871 bits per heavy atom. The molecule has 162 valence electrons. The van der Waals surface area contributed by atoms with Gasteiger partial charge in [-0.25, -0.2) is 4.68 Å². The number of ether oxygens (including phenoxy) is 4. The molecular formula is C22H23N3O6. The van der Waals surface area contributed by atoms with Crippen LogP contribution in [0, 0.1) is 0 Å². The smallest absolute Gasteiger partial charge is 0.267 e. The molecule has 1 N–H and O–H groups in total. The molecule has 0 atom stereocenters. The zero-order valence-electron chi connectivity index (χ0n) is 17.7. The molecule has 0 saturated heterocycles. The second kappa shape index (κ2) is 9.66. The summed E-state index contributed by atoms with van der Waals surface area (Å²) < 4.78 is 22.1. The van der Waals surface area contributed by atoms with Crippen molar-refractivity contribution in [2.75, 3.05) is 33.8 Å². The van der Waals surface area contributed by atoms with E-state index < -0.39 is 11.5 Å². The second-order valence-electron chi connectivity index (χ2n) is 6.43. The van der Waals surface area contributed by atoms with E-state index in [0.717, 1.165) is 4.68 Å². The summed E-state index contributed by atoms with van der Waals surface area (Å²) in [6.07, 6.45) is 0. The minimum atomic E-state index is -0.427. The summed E-state index contributed by atoms with van der Waals surface area (Å²) in [7, 11) is 6.12. The van der Waals surface area contributed by atoms with Gasteiger partial charge in [-0.15, -0.1) is 0 Å². The number of methoxy groups -OCH3 is 4. The maximum Gasteiger partial charge on any atom is 0.267 e. The van der Waals surface area contributed by atoms with Gasteiger partial charge in [0.1, 0.15) is 29.5 Å². The van der Waals surface area contributed by atoms with Crippen LogP contribution in [-0.2, 0) is 11.3 Å². The molecule has 31 heavy (non-hydrogen) atoms. The fourth-order valence-electron chi connectivity index (χ4n) is 2.93. The van der Waals surface area contributed by atoms with Crippen LogP contribution in [0.2, 0.25) is 0 Å². The summed E-state index contributed by atoms with van der Waals surface area (Å²) in [6.45, 7) is -0.273. The van der Waals surface area contributed by atoms with Gasteiger partial charge in [0.2, 0.25) is 5.91 Å². The van der Waals surface area contributed by atoms with Gasteiger partial charge in [-0.3, -0.25) is 9.59 Å². The molecule has 2 aromatic carbocycles. The number of carbonyl (C=O) groups excluding carboxylic acids is 1. The van der Waals surface area contributed by atoms with Crippen molar-refractivity contribution < 1.29 is 23.7 Å². The highest BCUT2D eigenvalue weighted by atomic mass is 16.5. The molecule has 9 nitrogen and oxygen atoms in total. The third kappa shape index (κ3) is 5.13. The van der Waals surface area contributed by atoms with Crippen molar-refractivity contribution in [3.8, 4) is 34.3 Å². The largest absolute Gasteiger partial charge is 0.497 e. The van der Waals surface area contributed by atoms with Crippen LogP contribution in [-0.4, -0.2) is 44.1 Å². The molecular weight excluding hydrogens is 402 g/mol. The van der Waals surface area contributed by atoms with E-state index in [4.69, 9.17) is 18.9 Å². The number of hydrogen-bond donors (Lipinski definition) is 1. The quantitative estimate of drug-likeness (QED) is 0.592. The third-order valence-corrected chi connectivity index (χ3v) is 4.48. The Bertz CT molecular complexity index is 1120. The minimum Gasteiger partial charge on any atom is -0.497 e. The second-order valence-corrected chi connectivity index (χ2v) is 6.43. The maximum atomic E-state index is 12.6. The van der Waals surface area contributed by atoms with Crippen LogP contribution in [0.3, 0.4) is 0 Å². The van der Waals surface area contributed by atoms with Gasteiger partial charge in [0.05, 0.1) is 34.1 Å². The Hall–Kier alpha value is -4.01. The average molecular weight is 425 g/mol. The first-order chi connectivity index (χ1) is 15.0. The monoisotopic (exact) mass is 425 g/mol. The number of amides is 1. The standard InChI is InChI=1S/C22H23N3O6/c1-28-15-5-6-18(20(12-15)31-4)19-7-8-22(27)25(24-19)13-21(26)23-14-9-16(29-2)11-17(10-14)30-3/h5-12H,13H2,1-4H3,(H,23,26). The highest BCUT2D eigenvalue weighted by Gasteiger charge is 2.13. The fraction of sp³-hybridized carbons (Fsp3) is 0.227. The Labute approximate surface area is 179 Å². The molecule has 1 aromatic heterocycles. The van der Waals surface area contributed by atoms with Crippen molar-refractivity contribution in [2.45, 2.75) is 6.54 Å². The predicted molar refractivity (Wildman–Crippen MR) is 115 cm³/mol. The Balaban J connectivity index is 1.85. The first kappa shape index (κ1) is 21.7. The van der Waals surface area contributed by atoms with Gasteiger partial charge in [-0.1, -0.05) is 0 Å². The lowest BCUT2D eigenvalue weighted by Crippen LogP contribution is -2.29. The lowest BCUT2D eigenvalue weighted by Gasteiger charge is -2.12. The molecule has 0 radical (unpaired) electrons. The first-order valence-corrected chi connectivity index (χ1v) is 9.31. The number of anilines is 1. The summed E-state index contributed by atoms with van der Waals surface area (Å²) in [5.41, 5.74) is 1.21. The summed E-state index contributed by atoms with van der Waals surface area (Å²) in [4.78, 5) is 24.8. The van der Waals surface area contributed by atoms with Crippen LogP contribution in [0.25, 0.3) is 11.3 Å². The Kier molecular flexibility index (Phi) is 6.76. The number of aromatic nitrogens is 2. The molecule has 0 unspecified atom stereocenters. The number of carbonyl (C=O) groups is 1. The molecule has 3 rings (SSSR count). The molecule has 0 aliphatic heterocycles. The zero-order chi connectivity index (χ0) is 22.4. The molecule has 0 aliphatic rings. The fourth-order valence-corrected chi connectivity index (χ4v) is 2.93. The molecule has 0 spiro atoms. The Morgan fingerprint density at radius 3 is 2.16 bits per heavy atom. The lowest BCUT2D eigenvalue weighted by molar-refractivity contribution is -0.117. The molecule has 1 heterocycles. The minimum absolute atomic E-state index is 0.273. The van der Waals surface area contributed by atoms with Crippen molar-refractivity contribution >= 4 is 11.6 Å². The summed E-state index contributed by atoms with van der Waals surface area (Å²) in [5.74, 6) is 1.79. The van der Waals surface area contributed by atoms with Crippen LogP contribution in [0.4, 0.5) is 5.69 Å². The topological polar surface area (TPSA) is 101 Å². The lowest BCUT2D eigenvalue weighted by atomic mass is 10.1. The normalized spacial score (nSPS) is 10.3. The number of hydrogen-bond acceptors (Lipinski definition) is 7. The van der Waals surface area contributed by atoms with Crippen LogP contribution in [0.1, 0.15) is 0 Å². The van der Waals surface area contributed by atoms with E-state index in [-0.39, 0.29) is 6.54 Å². The van der Waals surface area contributed by atoms with Gasteiger partial charge in [-0.2, -0.15) is 5.10 Å². The van der Waals surface area contributed by atoms with Gasteiger partial charge >= 0.3 is 0 Å². The van der Waals surface area contributed by atoms with E-state index in [1.54, 1.807) is 49.6 Å². The number of nitrogens with zero attached hydrogens (tertiary/aromatic N) is 2. The molecule has 0 bridgehead atoms. The van der Waals surface area contributed by atoms with Crippen molar-refractivity contribution in [3.63, 3.8) is 0 Å². The maximum absolute atomic E-state index is 12.6. The van der Waals surface area contributed by atoms with Crippen molar-refractivity contribution in [3.05, 3.63) is 58.9 Å². The van der Waals surface area contributed by atoms with Crippen LogP contribution in [0.5, 0.6) is 23.0 Å². The van der Waals surface area contributed by atoms with Crippen molar-refractivity contribution in [1.82, 2.24) is 9.78 Å². The van der Waals surface area contributed by atoms with Gasteiger partial charge in [0, 0.05) is 41.6 Å². The predicted octanol–water partition coefficient (Wildman–Crippen LogP) is 2.58. The van der Waals surface area contributed by atoms with Crippen LogP contribution < -0.4 is 29.8 Å². The number of rotatable bonds is 8. The first-order valence-electron chi connectivity index (χ1n) is 9.31. The van der Waals surface area contributed by atoms with Crippen LogP contribution in [0.15, 0.2) is 53.3 Å². The zero-order valence-corrected chi connectivity index (χ0v) is 17.7. The van der Waals surface area contributed by atoms with E-state index in [1.807, 2.05) is 0 Å². The highest BCUT2D eigenvalue weighted by Crippen LogP contribution is 2.31. The average Bonchev–Trinajstić information content (AvgIpc) is 2.79. The van der Waals surface area contributed by atoms with Gasteiger partial charge in [0.15, 0.2) is 0 Å². The molecule has 3 aromatic rings. The van der Waals surface area contributed by atoms with Gasteiger partial charge < -0.3 is 24.3 Å². The molecule has 9 heteroatoms. The molecule has 0 fully saturated rings. The van der Waals surface area contributed by atoms with E-state index >= 15 is 0 Å². The molecule has 0 saturated carbocycles. The van der Waals surface area contributed by atoms with E-state index in [2.05, 4.69) is 10.4 Å². The Morgan fingerprint density at radius 2 is 1.55 bits per heavy atom. The number of benzene rings is 2. The SMILES string of the molecule is COc1cc(NC(=O)Cn2nc(-c3ccc(OC)cc3OC)ccc2=O)cc(OC)c1.